The van der Waals surface area contributed by atoms with Gasteiger partial charge >= 0.3 is 6.03 Å². The molecule has 1 aromatic heterocycles. The first-order valence-corrected chi connectivity index (χ1v) is 8.12. The lowest BCUT2D eigenvalue weighted by molar-refractivity contribution is 0.0783. The van der Waals surface area contributed by atoms with E-state index >= 15 is 0 Å². The summed E-state index contributed by atoms with van der Waals surface area (Å²) in [7, 11) is 0. The number of amides is 3. The molecular formula is C17H21N5O2. The molecule has 2 heterocycles. The summed E-state index contributed by atoms with van der Waals surface area (Å²) in [6.07, 6.45) is 0.753. The van der Waals surface area contributed by atoms with E-state index in [-0.39, 0.29) is 18.0 Å². The summed E-state index contributed by atoms with van der Waals surface area (Å²) in [5.74, 6) is -0.0927. The van der Waals surface area contributed by atoms with E-state index < -0.39 is 0 Å². The first-order valence-electron chi connectivity index (χ1n) is 8.12. The number of nitrogens with zero attached hydrogens (tertiary/aromatic N) is 2. The Morgan fingerprint density at radius 3 is 2.88 bits per heavy atom. The first-order chi connectivity index (χ1) is 11.7. The highest BCUT2D eigenvalue weighted by atomic mass is 16.2. The third-order valence-electron chi connectivity index (χ3n) is 4.03. The summed E-state index contributed by atoms with van der Waals surface area (Å²) in [4.78, 5) is 25.9. The van der Waals surface area contributed by atoms with E-state index in [0.717, 1.165) is 17.7 Å². The number of hydrogen-bond donors (Lipinski definition) is 3. The van der Waals surface area contributed by atoms with Gasteiger partial charge in [0.1, 0.15) is 5.69 Å². The molecule has 126 valence electrons. The van der Waals surface area contributed by atoms with Crippen molar-refractivity contribution in [2.24, 2.45) is 0 Å². The highest BCUT2D eigenvalue weighted by molar-refractivity contribution is 5.93. The number of rotatable bonds is 4. The normalized spacial score (nSPS) is 16.9. The number of aromatic amines is 1. The Hall–Kier alpha value is -2.83. The highest BCUT2D eigenvalue weighted by Crippen LogP contribution is 2.19. The van der Waals surface area contributed by atoms with Crippen LogP contribution in [0.1, 0.15) is 23.8 Å². The predicted octanol–water partition coefficient (Wildman–Crippen LogP) is 1.61. The Labute approximate surface area is 140 Å². The zero-order valence-electron chi connectivity index (χ0n) is 13.6. The average Bonchev–Trinajstić information content (AvgIpc) is 3.25. The number of nitrogens with one attached hydrogen (secondary N) is 3. The van der Waals surface area contributed by atoms with Crippen molar-refractivity contribution in [3.05, 3.63) is 42.1 Å². The fourth-order valence-electron chi connectivity index (χ4n) is 2.82. The van der Waals surface area contributed by atoms with Crippen molar-refractivity contribution in [1.29, 1.82) is 0 Å². The molecule has 2 aromatic rings. The Kier molecular flexibility index (Phi) is 4.79. The number of hydrogen-bond acceptors (Lipinski definition) is 3. The third-order valence-corrected chi connectivity index (χ3v) is 4.03. The molecule has 0 spiro atoms. The zero-order valence-corrected chi connectivity index (χ0v) is 13.6. The molecule has 1 aliphatic rings. The monoisotopic (exact) mass is 327 g/mol. The van der Waals surface area contributed by atoms with Crippen molar-refractivity contribution in [3.63, 3.8) is 0 Å². The minimum absolute atomic E-state index is 0.0167. The van der Waals surface area contributed by atoms with Gasteiger partial charge in [0.15, 0.2) is 0 Å². The molecule has 1 aliphatic heterocycles. The van der Waals surface area contributed by atoms with Gasteiger partial charge in [0.2, 0.25) is 0 Å². The Morgan fingerprint density at radius 1 is 1.33 bits per heavy atom. The lowest BCUT2D eigenvalue weighted by Gasteiger charge is -2.16. The van der Waals surface area contributed by atoms with Crippen LogP contribution >= 0.6 is 0 Å². The van der Waals surface area contributed by atoms with Gasteiger partial charge in [-0.3, -0.25) is 9.89 Å². The van der Waals surface area contributed by atoms with E-state index in [9.17, 15) is 9.59 Å². The van der Waals surface area contributed by atoms with Gasteiger partial charge in [-0.2, -0.15) is 5.10 Å². The molecule has 1 fully saturated rings. The zero-order chi connectivity index (χ0) is 16.9. The molecule has 0 bridgehead atoms. The van der Waals surface area contributed by atoms with E-state index in [4.69, 9.17) is 0 Å². The molecule has 0 aliphatic carbocycles. The predicted molar refractivity (Wildman–Crippen MR) is 90.5 cm³/mol. The molecule has 1 aromatic carbocycles. The Bertz CT molecular complexity index is 713. The first kappa shape index (κ1) is 16.0. The van der Waals surface area contributed by atoms with E-state index in [1.165, 1.54) is 0 Å². The molecule has 7 nitrogen and oxygen atoms in total. The van der Waals surface area contributed by atoms with Gasteiger partial charge < -0.3 is 15.5 Å². The molecule has 0 saturated carbocycles. The van der Waals surface area contributed by atoms with Gasteiger partial charge in [0, 0.05) is 31.2 Å². The van der Waals surface area contributed by atoms with Crippen LogP contribution < -0.4 is 10.6 Å². The Morgan fingerprint density at radius 2 is 2.12 bits per heavy atom. The second kappa shape index (κ2) is 7.16. The fourth-order valence-corrected chi connectivity index (χ4v) is 2.82. The summed E-state index contributed by atoms with van der Waals surface area (Å²) in [6.45, 7) is 3.58. The largest absolute Gasteiger partial charge is 0.338 e. The van der Waals surface area contributed by atoms with E-state index in [1.54, 1.807) is 11.0 Å². The molecule has 7 heteroatoms. The van der Waals surface area contributed by atoms with Crippen LogP contribution in [0.4, 0.5) is 4.79 Å². The van der Waals surface area contributed by atoms with Crippen molar-refractivity contribution in [3.8, 4) is 11.3 Å². The topological polar surface area (TPSA) is 90.1 Å². The van der Waals surface area contributed by atoms with Gasteiger partial charge in [0.25, 0.3) is 5.91 Å². The highest BCUT2D eigenvalue weighted by Gasteiger charge is 2.28. The summed E-state index contributed by atoms with van der Waals surface area (Å²) in [5, 5.41) is 12.6. The summed E-state index contributed by atoms with van der Waals surface area (Å²) in [6, 6.07) is 11.3. The fraction of sp³-hybridized carbons (Fsp3) is 0.353. The summed E-state index contributed by atoms with van der Waals surface area (Å²) in [5.41, 5.74) is 2.17. The van der Waals surface area contributed by atoms with Crippen LogP contribution in [0.5, 0.6) is 0 Å². The molecule has 3 amide bonds. The smallest absolute Gasteiger partial charge is 0.315 e. The van der Waals surface area contributed by atoms with Gasteiger partial charge in [-0.15, -0.1) is 0 Å². The molecule has 24 heavy (non-hydrogen) atoms. The Balaban J connectivity index is 1.61. The minimum atomic E-state index is -0.190. The summed E-state index contributed by atoms with van der Waals surface area (Å²) >= 11 is 0. The number of carbonyl (C=O) groups excluding carboxylic acids is 2. The van der Waals surface area contributed by atoms with Crippen LogP contribution in [-0.4, -0.2) is 52.7 Å². The van der Waals surface area contributed by atoms with Crippen LogP contribution in [0.15, 0.2) is 36.4 Å². The number of urea groups is 1. The van der Waals surface area contributed by atoms with Gasteiger partial charge in [-0.1, -0.05) is 30.3 Å². The SMILES string of the molecule is CCNC(=O)N[C@@H]1CCN(C(=O)c2cc(-c3ccccc3)n[nH]2)C1. The number of benzene rings is 1. The number of H-pyrrole nitrogens is 1. The average molecular weight is 327 g/mol. The quantitative estimate of drug-likeness (QED) is 0.797. The molecule has 0 unspecified atom stereocenters. The van der Waals surface area contributed by atoms with Crippen molar-refractivity contribution in [2.75, 3.05) is 19.6 Å². The second-order valence-electron chi connectivity index (χ2n) is 5.77. The van der Waals surface area contributed by atoms with Crippen molar-refractivity contribution in [2.45, 2.75) is 19.4 Å². The van der Waals surface area contributed by atoms with Crippen molar-refractivity contribution in [1.82, 2.24) is 25.7 Å². The molecule has 3 N–H and O–H groups in total. The number of carbonyl (C=O) groups is 2. The van der Waals surface area contributed by atoms with Crippen LogP contribution in [0.3, 0.4) is 0 Å². The van der Waals surface area contributed by atoms with E-state index in [2.05, 4.69) is 20.8 Å². The van der Waals surface area contributed by atoms with Gasteiger partial charge in [0.05, 0.1) is 5.69 Å². The molecule has 1 atom stereocenters. The van der Waals surface area contributed by atoms with Crippen LogP contribution in [0, 0.1) is 0 Å². The molecular weight excluding hydrogens is 306 g/mol. The maximum absolute atomic E-state index is 12.6. The standard InChI is InChI=1S/C17H21N5O2/c1-2-18-17(24)19-13-8-9-22(11-13)16(23)15-10-14(20-21-15)12-6-4-3-5-7-12/h3-7,10,13H,2,8-9,11H2,1H3,(H,20,21)(H2,18,19,24)/t13-/m1/s1. The maximum atomic E-state index is 12.6. The number of aromatic nitrogens is 2. The molecule has 0 radical (unpaired) electrons. The lowest BCUT2D eigenvalue weighted by Crippen LogP contribution is -2.43. The summed E-state index contributed by atoms with van der Waals surface area (Å²) < 4.78 is 0. The van der Waals surface area contributed by atoms with Gasteiger partial charge in [-0.25, -0.2) is 4.79 Å². The van der Waals surface area contributed by atoms with Crippen LogP contribution in [-0.2, 0) is 0 Å². The maximum Gasteiger partial charge on any atom is 0.315 e. The van der Waals surface area contributed by atoms with Crippen molar-refractivity contribution >= 4 is 11.9 Å². The van der Waals surface area contributed by atoms with Gasteiger partial charge in [-0.05, 0) is 19.4 Å². The lowest BCUT2D eigenvalue weighted by atomic mass is 10.1. The van der Waals surface area contributed by atoms with E-state index in [0.29, 0.717) is 25.3 Å². The molecule has 3 rings (SSSR count). The van der Waals surface area contributed by atoms with Crippen LogP contribution in [0.25, 0.3) is 11.3 Å². The minimum Gasteiger partial charge on any atom is -0.338 e. The van der Waals surface area contributed by atoms with Crippen molar-refractivity contribution < 1.29 is 9.59 Å². The second-order valence-corrected chi connectivity index (χ2v) is 5.77. The molecule has 1 saturated heterocycles. The third kappa shape index (κ3) is 3.56. The van der Waals surface area contributed by atoms with E-state index in [1.807, 2.05) is 37.3 Å². The number of likely N-dealkylation sites (tertiary alicyclic amines) is 1. The van der Waals surface area contributed by atoms with Crippen LogP contribution in [0.2, 0.25) is 0 Å².